The highest BCUT2D eigenvalue weighted by molar-refractivity contribution is 6.74. The summed E-state index contributed by atoms with van der Waals surface area (Å²) in [5, 5.41) is 11.2. The van der Waals surface area contributed by atoms with Gasteiger partial charge in [0, 0.05) is 19.3 Å². The second-order valence-corrected chi connectivity index (χ2v) is 17.3. The Morgan fingerprint density at radius 3 is 2.44 bits per heavy atom. The van der Waals surface area contributed by atoms with E-state index in [-0.39, 0.29) is 24.0 Å². The average Bonchev–Trinajstić information content (AvgIpc) is 3.19. The van der Waals surface area contributed by atoms with E-state index in [9.17, 15) is 9.90 Å². The lowest BCUT2D eigenvalue weighted by Gasteiger charge is -2.38. The van der Waals surface area contributed by atoms with Crippen molar-refractivity contribution in [3.8, 4) is 11.5 Å². The van der Waals surface area contributed by atoms with E-state index in [0.29, 0.717) is 42.7 Å². The highest BCUT2D eigenvalue weighted by Crippen LogP contribution is 2.38. The van der Waals surface area contributed by atoms with E-state index < -0.39 is 32.3 Å². The van der Waals surface area contributed by atoms with Gasteiger partial charge in [-0.1, -0.05) is 32.9 Å². The van der Waals surface area contributed by atoms with Gasteiger partial charge in [0.2, 0.25) is 0 Å². The number of esters is 1. The van der Waals surface area contributed by atoms with Gasteiger partial charge in [0.1, 0.15) is 29.3 Å². The Labute approximate surface area is 247 Å². The Morgan fingerprint density at radius 2 is 1.85 bits per heavy atom. The SMILES string of the molecule is COCOc1cc(OC)cc(CCC[C@@H]2OC(C)(C)O[C@@H]2[C@H](O)/C=C\C[C@H](C)O[Si](C)(C)C(C)(C)C)c1C(=O)OC. The summed E-state index contributed by atoms with van der Waals surface area (Å²) >= 11 is 0. The van der Waals surface area contributed by atoms with Crippen LogP contribution in [0.2, 0.25) is 18.1 Å². The number of hydrogen-bond acceptors (Lipinski definition) is 9. The molecule has 1 heterocycles. The summed E-state index contributed by atoms with van der Waals surface area (Å²) in [4.78, 5) is 12.7. The minimum absolute atomic E-state index is 0.0206. The first-order chi connectivity index (χ1) is 19.0. The van der Waals surface area contributed by atoms with Crippen molar-refractivity contribution in [2.75, 3.05) is 28.1 Å². The lowest BCUT2D eigenvalue weighted by molar-refractivity contribution is -0.152. The Hall–Kier alpha value is -1.95. The third kappa shape index (κ3) is 10.1. The molecule has 9 nitrogen and oxygen atoms in total. The van der Waals surface area contributed by atoms with Crippen molar-refractivity contribution in [3.63, 3.8) is 0 Å². The van der Waals surface area contributed by atoms with Gasteiger partial charge in [-0.25, -0.2) is 4.79 Å². The largest absolute Gasteiger partial charge is 0.497 e. The van der Waals surface area contributed by atoms with Crippen LogP contribution in [0.1, 0.15) is 76.7 Å². The first-order valence-corrected chi connectivity index (χ1v) is 17.2. The standard InChI is InChI=1S/C31H52O9Si/c1-21(40-41(10,11)30(2,3)4)14-12-16-24(32)28-25(38-31(5,6)39-28)17-13-15-22-18-23(35-8)19-26(37-20-34-7)27(22)29(33)36-9/h12,16,18-19,21,24-25,28,32H,13-15,17,20H2,1-11H3/b16-12-/t21-,24+,25-,28+/m0/s1. The van der Waals surface area contributed by atoms with Crippen molar-refractivity contribution >= 4 is 14.3 Å². The van der Waals surface area contributed by atoms with Gasteiger partial charge in [-0.2, -0.15) is 0 Å². The van der Waals surface area contributed by atoms with Crippen molar-refractivity contribution in [2.45, 2.75) is 116 Å². The lowest BCUT2D eigenvalue weighted by atomic mass is 9.96. The molecular weight excluding hydrogens is 544 g/mol. The minimum atomic E-state index is -1.87. The van der Waals surface area contributed by atoms with Crippen LogP contribution in [0.25, 0.3) is 0 Å². The molecule has 0 bridgehead atoms. The molecule has 0 unspecified atom stereocenters. The summed E-state index contributed by atoms with van der Waals surface area (Å²) in [6, 6.07) is 3.45. The molecule has 1 fully saturated rings. The molecule has 1 aromatic rings. The molecule has 0 amide bonds. The zero-order valence-corrected chi connectivity index (χ0v) is 27.9. The Morgan fingerprint density at radius 1 is 1.17 bits per heavy atom. The molecule has 1 N–H and O–H groups in total. The molecule has 0 aliphatic carbocycles. The van der Waals surface area contributed by atoms with E-state index in [1.807, 2.05) is 26.0 Å². The number of rotatable bonds is 15. The van der Waals surface area contributed by atoms with Gasteiger partial charge in [-0.3, -0.25) is 0 Å². The third-order valence-corrected chi connectivity index (χ3v) is 12.3. The number of hydrogen-bond donors (Lipinski definition) is 1. The molecule has 0 saturated carbocycles. The predicted molar refractivity (Wildman–Crippen MR) is 161 cm³/mol. The molecule has 1 aliphatic heterocycles. The topological polar surface area (TPSA) is 102 Å². The van der Waals surface area contributed by atoms with Crippen LogP contribution in [0.5, 0.6) is 11.5 Å². The maximum Gasteiger partial charge on any atom is 0.341 e. The lowest BCUT2D eigenvalue weighted by Crippen LogP contribution is -2.43. The van der Waals surface area contributed by atoms with Gasteiger partial charge in [0.15, 0.2) is 20.9 Å². The van der Waals surface area contributed by atoms with Crippen LogP contribution in [0, 0.1) is 0 Å². The molecule has 10 heteroatoms. The van der Waals surface area contributed by atoms with Crippen LogP contribution >= 0.6 is 0 Å². The number of methoxy groups -OCH3 is 3. The molecular formula is C31H52O9Si. The summed E-state index contributed by atoms with van der Waals surface area (Å²) < 4.78 is 39.9. The van der Waals surface area contributed by atoms with Crippen molar-refractivity contribution in [2.24, 2.45) is 0 Å². The quantitative estimate of drug-likeness (QED) is 0.113. The average molecular weight is 597 g/mol. The first kappa shape index (κ1) is 35.2. The summed E-state index contributed by atoms with van der Waals surface area (Å²) in [6.07, 6.45) is 4.61. The monoisotopic (exact) mass is 596 g/mol. The molecule has 0 radical (unpaired) electrons. The zero-order valence-electron chi connectivity index (χ0n) is 26.9. The first-order valence-electron chi connectivity index (χ1n) is 14.3. The second-order valence-electron chi connectivity index (χ2n) is 12.6. The fourth-order valence-corrected chi connectivity index (χ4v) is 6.10. The maximum atomic E-state index is 12.7. The summed E-state index contributed by atoms with van der Waals surface area (Å²) in [6.45, 7) is 16.9. The number of aliphatic hydroxyl groups is 1. The Balaban J connectivity index is 2.10. The third-order valence-electron chi connectivity index (χ3n) is 7.71. The molecule has 1 saturated heterocycles. The molecule has 4 atom stereocenters. The van der Waals surface area contributed by atoms with E-state index in [4.69, 9.17) is 32.8 Å². The number of benzene rings is 1. The maximum absolute atomic E-state index is 12.7. The molecule has 1 aromatic carbocycles. The molecule has 41 heavy (non-hydrogen) atoms. The summed E-state index contributed by atoms with van der Waals surface area (Å²) in [7, 11) is 2.53. The Kier molecular flexibility index (Phi) is 12.9. The van der Waals surface area contributed by atoms with Gasteiger partial charge < -0.3 is 38.0 Å². The van der Waals surface area contributed by atoms with Gasteiger partial charge in [0.05, 0.1) is 20.3 Å². The van der Waals surface area contributed by atoms with Gasteiger partial charge in [-0.15, -0.1) is 0 Å². The van der Waals surface area contributed by atoms with Gasteiger partial charge in [-0.05, 0) is 76.2 Å². The van der Waals surface area contributed by atoms with Gasteiger partial charge >= 0.3 is 5.97 Å². The number of aryl methyl sites for hydroxylation is 1. The van der Waals surface area contributed by atoms with Crippen LogP contribution < -0.4 is 9.47 Å². The molecule has 0 aromatic heterocycles. The van der Waals surface area contributed by atoms with E-state index in [1.54, 1.807) is 19.3 Å². The highest BCUT2D eigenvalue weighted by Gasteiger charge is 2.44. The molecule has 0 spiro atoms. The predicted octanol–water partition coefficient (Wildman–Crippen LogP) is 6.02. The fourth-order valence-electron chi connectivity index (χ4n) is 4.65. The van der Waals surface area contributed by atoms with Crippen LogP contribution in [0.15, 0.2) is 24.3 Å². The van der Waals surface area contributed by atoms with Crippen molar-refractivity contribution in [1.82, 2.24) is 0 Å². The van der Waals surface area contributed by atoms with E-state index >= 15 is 0 Å². The number of aliphatic hydroxyl groups excluding tert-OH is 1. The minimum Gasteiger partial charge on any atom is -0.497 e. The molecule has 234 valence electrons. The van der Waals surface area contributed by atoms with Crippen LogP contribution in [0.4, 0.5) is 0 Å². The second kappa shape index (κ2) is 15.0. The van der Waals surface area contributed by atoms with E-state index in [2.05, 4.69) is 40.8 Å². The van der Waals surface area contributed by atoms with Crippen LogP contribution in [0.3, 0.4) is 0 Å². The normalized spacial score (nSPS) is 20.7. The highest BCUT2D eigenvalue weighted by atomic mass is 28.4. The zero-order chi connectivity index (χ0) is 31.0. The van der Waals surface area contributed by atoms with Crippen LogP contribution in [-0.2, 0) is 29.8 Å². The summed E-state index contributed by atoms with van der Waals surface area (Å²) in [5.74, 6) is -0.428. The van der Waals surface area contributed by atoms with Crippen LogP contribution in [-0.4, -0.2) is 77.7 Å². The number of carbonyl (C=O) groups is 1. The van der Waals surface area contributed by atoms with Gasteiger partial charge in [0.25, 0.3) is 0 Å². The number of ether oxygens (including phenoxy) is 6. The van der Waals surface area contributed by atoms with Crippen molar-refractivity contribution < 1.29 is 42.7 Å². The van der Waals surface area contributed by atoms with E-state index in [1.165, 1.54) is 14.2 Å². The summed E-state index contributed by atoms with van der Waals surface area (Å²) in [5.41, 5.74) is 1.07. The Bertz CT molecular complexity index is 1020. The molecule has 1 aliphatic rings. The smallest absolute Gasteiger partial charge is 0.341 e. The van der Waals surface area contributed by atoms with E-state index in [0.717, 1.165) is 5.56 Å². The molecule has 2 rings (SSSR count). The van der Waals surface area contributed by atoms with Crippen molar-refractivity contribution in [1.29, 1.82) is 0 Å². The number of carbonyl (C=O) groups excluding carboxylic acids is 1. The van der Waals surface area contributed by atoms with Crippen molar-refractivity contribution in [3.05, 3.63) is 35.4 Å². The fraction of sp³-hybridized carbons (Fsp3) is 0.710.